The Hall–Kier alpha value is -2.32. The van der Waals surface area contributed by atoms with Gasteiger partial charge in [-0.05, 0) is 19.1 Å². The van der Waals surface area contributed by atoms with E-state index in [9.17, 15) is 9.59 Å². The Morgan fingerprint density at radius 3 is 2.58 bits per heavy atom. The summed E-state index contributed by atoms with van der Waals surface area (Å²) in [6.45, 7) is 1.76. The summed E-state index contributed by atoms with van der Waals surface area (Å²) in [5, 5.41) is 4.84. The van der Waals surface area contributed by atoms with Crippen LogP contribution in [0.15, 0.2) is 39.1 Å². The minimum Gasteiger partial charge on any atom is -0.337 e. The Morgan fingerprint density at radius 1 is 1.17 bits per heavy atom. The highest BCUT2D eigenvalue weighted by Crippen LogP contribution is 2.44. The number of carbonyl (C=O) groups excluding carboxylic acids is 1. The van der Waals surface area contributed by atoms with E-state index < -0.39 is 0 Å². The monoisotopic (exact) mass is 358 g/mol. The lowest BCUT2D eigenvalue weighted by molar-refractivity contribution is -0.115. The third-order valence-corrected chi connectivity index (χ3v) is 6.67. The Balaban J connectivity index is 2.03. The maximum atomic E-state index is 12.8. The van der Waals surface area contributed by atoms with Gasteiger partial charge in [0.2, 0.25) is 0 Å². The van der Waals surface area contributed by atoms with Crippen molar-refractivity contribution in [2.75, 3.05) is 11.9 Å². The van der Waals surface area contributed by atoms with Crippen LogP contribution in [0.2, 0.25) is 0 Å². The van der Waals surface area contributed by atoms with Crippen molar-refractivity contribution in [1.29, 1.82) is 0 Å². The molecule has 0 fully saturated rings. The molecule has 0 spiro atoms. The highest BCUT2D eigenvalue weighted by atomic mass is 32.2. The molecular formula is C16H14N4O2S2. The molecule has 0 aliphatic carbocycles. The van der Waals surface area contributed by atoms with Gasteiger partial charge in [0.15, 0.2) is 0 Å². The average Bonchev–Trinajstić information content (AvgIpc) is 3.17. The first kappa shape index (κ1) is 15.2. The number of hydrogen-bond acceptors (Lipinski definition) is 6. The maximum Gasteiger partial charge on any atom is 0.276 e. The van der Waals surface area contributed by atoms with E-state index in [-0.39, 0.29) is 11.5 Å². The van der Waals surface area contributed by atoms with Crippen molar-refractivity contribution < 1.29 is 4.79 Å². The van der Waals surface area contributed by atoms with Crippen molar-refractivity contribution in [3.63, 3.8) is 0 Å². The second-order valence-electron chi connectivity index (χ2n) is 5.55. The molecule has 1 aromatic heterocycles. The van der Waals surface area contributed by atoms with Crippen LogP contribution < -0.4 is 25.1 Å². The molecule has 0 saturated heterocycles. The minimum atomic E-state index is -0.267. The number of fused-ring (bicyclic) bond motifs is 1. The lowest BCUT2D eigenvalue weighted by Gasteiger charge is -2.11. The molecule has 2 aliphatic heterocycles. The molecule has 3 heterocycles. The second-order valence-corrected chi connectivity index (χ2v) is 7.58. The van der Waals surface area contributed by atoms with Gasteiger partial charge in [0.05, 0.1) is 17.0 Å². The number of nitrogens with zero attached hydrogens (tertiary/aromatic N) is 3. The number of carbonyl (C=O) groups is 1. The van der Waals surface area contributed by atoms with Crippen molar-refractivity contribution >= 4 is 51.0 Å². The largest absolute Gasteiger partial charge is 0.337 e. The molecule has 6 nitrogen and oxygen atoms in total. The molecule has 2 aromatic rings. The topological polar surface area (TPSA) is 66.7 Å². The van der Waals surface area contributed by atoms with Crippen LogP contribution in [0.25, 0.3) is 10.6 Å². The normalized spacial score (nSPS) is 21.0. The van der Waals surface area contributed by atoms with Gasteiger partial charge in [0.25, 0.3) is 11.5 Å². The van der Waals surface area contributed by atoms with Gasteiger partial charge < -0.3 is 9.47 Å². The molecule has 1 amide bonds. The SMILES string of the molecule is CC1=NNC(=O)/C1=c1/s/c(=C2\Sc3ccccc3N2C)c(=O)n1C. The molecule has 0 unspecified atom stereocenters. The highest BCUT2D eigenvalue weighted by molar-refractivity contribution is 8.08. The Kier molecular flexibility index (Phi) is 3.40. The fraction of sp³-hybridized carbons (Fsp3) is 0.188. The number of anilines is 1. The molecule has 8 heteroatoms. The highest BCUT2D eigenvalue weighted by Gasteiger charge is 2.26. The zero-order chi connectivity index (χ0) is 17.0. The second kappa shape index (κ2) is 5.35. The number of benzene rings is 1. The van der Waals surface area contributed by atoms with Crippen molar-refractivity contribution in [3.05, 3.63) is 43.8 Å². The number of amides is 1. The number of thiazole rings is 1. The van der Waals surface area contributed by atoms with E-state index in [1.807, 2.05) is 36.2 Å². The Labute approximate surface area is 145 Å². The van der Waals surface area contributed by atoms with Crippen LogP contribution in [0.5, 0.6) is 0 Å². The summed E-state index contributed by atoms with van der Waals surface area (Å²) < 4.78 is 2.80. The van der Waals surface area contributed by atoms with E-state index in [0.29, 0.717) is 20.5 Å². The maximum absolute atomic E-state index is 12.8. The first-order chi connectivity index (χ1) is 11.5. The fourth-order valence-electron chi connectivity index (χ4n) is 2.77. The summed E-state index contributed by atoms with van der Waals surface area (Å²) in [6, 6.07) is 8.04. The molecule has 24 heavy (non-hydrogen) atoms. The zero-order valence-corrected chi connectivity index (χ0v) is 14.9. The van der Waals surface area contributed by atoms with Crippen LogP contribution in [0.1, 0.15) is 6.92 Å². The van der Waals surface area contributed by atoms with Gasteiger partial charge in [-0.15, -0.1) is 11.3 Å². The molecule has 0 saturated carbocycles. The molecule has 4 rings (SSSR count). The van der Waals surface area contributed by atoms with Crippen LogP contribution >= 0.6 is 23.1 Å². The van der Waals surface area contributed by atoms with Crippen LogP contribution in [-0.4, -0.2) is 23.2 Å². The van der Waals surface area contributed by atoms with Crippen molar-refractivity contribution in [3.8, 4) is 0 Å². The van der Waals surface area contributed by atoms with Gasteiger partial charge in [-0.1, -0.05) is 23.9 Å². The lowest BCUT2D eigenvalue weighted by atomic mass is 10.2. The van der Waals surface area contributed by atoms with Gasteiger partial charge >= 0.3 is 0 Å². The summed E-state index contributed by atoms with van der Waals surface area (Å²) in [5.74, 6) is -0.267. The van der Waals surface area contributed by atoms with Crippen molar-refractivity contribution in [2.45, 2.75) is 11.8 Å². The quantitative estimate of drug-likeness (QED) is 0.741. The van der Waals surface area contributed by atoms with Crippen LogP contribution in [0, 0.1) is 0 Å². The number of rotatable bonds is 0. The molecule has 122 valence electrons. The number of hydrazone groups is 1. The number of hydrogen-bond donors (Lipinski definition) is 1. The van der Waals surface area contributed by atoms with Crippen molar-refractivity contribution in [1.82, 2.24) is 9.99 Å². The van der Waals surface area contributed by atoms with Gasteiger partial charge in [-0.3, -0.25) is 9.59 Å². The van der Waals surface area contributed by atoms with Crippen LogP contribution in [0.3, 0.4) is 0 Å². The Bertz CT molecular complexity index is 1090. The standard InChI is InChI=1S/C16H14N4O2S2/c1-8-11(13(21)18-17-8)15-20(3)14(22)12(24-15)16-19(2)9-6-4-5-7-10(9)23-16/h4-7H,1-3H3,(H,18,21)/b15-11+,16-12-. The molecule has 1 N–H and O–H groups in total. The number of aromatic nitrogens is 1. The number of para-hydroxylation sites is 1. The lowest BCUT2D eigenvalue weighted by Crippen LogP contribution is -2.33. The minimum absolute atomic E-state index is 0.0999. The van der Waals surface area contributed by atoms with E-state index in [2.05, 4.69) is 10.5 Å². The summed E-state index contributed by atoms with van der Waals surface area (Å²) in [7, 11) is 3.64. The molecule has 2 aliphatic rings. The summed E-state index contributed by atoms with van der Waals surface area (Å²) >= 11 is 2.91. The first-order valence-electron chi connectivity index (χ1n) is 7.29. The molecule has 0 bridgehead atoms. The molecule has 0 radical (unpaired) electrons. The third kappa shape index (κ3) is 2.06. The predicted octanol–water partition coefficient (Wildman–Crippen LogP) is 0.411. The van der Waals surface area contributed by atoms with Crippen molar-refractivity contribution in [2.24, 2.45) is 12.1 Å². The molecular weight excluding hydrogens is 344 g/mol. The first-order valence-corrected chi connectivity index (χ1v) is 8.92. The predicted molar refractivity (Wildman–Crippen MR) is 97.6 cm³/mol. The smallest absolute Gasteiger partial charge is 0.276 e. The number of nitrogens with one attached hydrogen (secondary N) is 1. The summed E-state index contributed by atoms with van der Waals surface area (Å²) in [5.41, 5.74) is 4.50. The fourth-order valence-corrected chi connectivity index (χ4v) is 5.30. The van der Waals surface area contributed by atoms with Gasteiger partial charge in [0.1, 0.15) is 14.2 Å². The van der Waals surface area contributed by atoms with Gasteiger partial charge in [-0.25, -0.2) is 5.43 Å². The summed E-state index contributed by atoms with van der Waals surface area (Å²) in [4.78, 5) is 27.9. The summed E-state index contributed by atoms with van der Waals surface area (Å²) in [6.07, 6.45) is 0. The molecule has 1 aromatic carbocycles. The Morgan fingerprint density at radius 2 is 1.92 bits per heavy atom. The number of thioether (sulfide) groups is 1. The van der Waals surface area contributed by atoms with Gasteiger partial charge in [0, 0.05) is 19.0 Å². The van der Waals surface area contributed by atoms with E-state index in [1.165, 1.54) is 15.9 Å². The van der Waals surface area contributed by atoms with E-state index in [1.54, 1.807) is 25.7 Å². The van der Waals surface area contributed by atoms with E-state index in [0.717, 1.165) is 15.6 Å². The average molecular weight is 358 g/mol. The zero-order valence-electron chi connectivity index (χ0n) is 13.3. The third-order valence-electron chi connectivity index (χ3n) is 4.06. The van der Waals surface area contributed by atoms with E-state index >= 15 is 0 Å². The van der Waals surface area contributed by atoms with Crippen LogP contribution in [-0.2, 0) is 11.8 Å². The van der Waals surface area contributed by atoms with Crippen LogP contribution in [0.4, 0.5) is 5.69 Å². The van der Waals surface area contributed by atoms with Gasteiger partial charge in [-0.2, -0.15) is 5.10 Å². The van der Waals surface area contributed by atoms with E-state index in [4.69, 9.17) is 0 Å². The molecule has 0 atom stereocenters.